The molecule has 4 N–H and O–H groups in total. The SMILES string of the molecule is NC(=O)[C@H](NC(C1CCC1)C1CC1)C(=O)Nc1ccc(N2CCOCC2=O)cc1C(F)F. The number of amides is 3. The van der Waals surface area contributed by atoms with Gasteiger partial charge in [-0.1, -0.05) is 6.42 Å². The van der Waals surface area contributed by atoms with E-state index in [1.165, 1.54) is 23.1 Å². The number of hydrogen-bond donors (Lipinski definition) is 3. The standard InChI is InChI=1S/C22H28F2N4O4/c23-20(24)15-10-14(28-8-9-32-11-17(28)29)6-7-16(15)26-22(31)19(21(25)30)27-18(13-4-5-13)12-2-1-3-12/h6-7,10,12-13,18-20,27H,1-5,8-9,11H2,(H2,25,30)(H,26,31)/t18?,19-/m0/s1. The van der Waals surface area contributed by atoms with Crippen molar-refractivity contribution in [1.82, 2.24) is 5.32 Å². The minimum atomic E-state index is -2.89. The van der Waals surface area contributed by atoms with E-state index in [-0.39, 0.29) is 30.8 Å². The van der Waals surface area contributed by atoms with Crippen molar-refractivity contribution in [2.45, 2.75) is 50.6 Å². The molecular weight excluding hydrogens is 422 g/mol. The van der Waals surface area contributed by atoms with Gasteiger partial charge in [0.05, 0.1) is 6.61 Å². The van der Waals surface area contributed by atoms with Crippen LogP contribution in [0.25, 0.3) is 0 Å². The van der Waals surface area contributed by atoms with Crippen LogP contribution in [-0.4, -0.2) is 49.6 Å². The highest BCUT2D eigenvalue weighted by Crippen LogP contribution is 2.42. The Kier molecular flexibility index (Phi) is 6.71. The van der Waals surface area contributed by atoms with Gasteiger partial charge < -0.3 is 20.7 Å². The molecule has 32 heavy (non-hydrogen) atoms. The molecule has 3 aliphatic rings. The molecule has 1 aromatic rings. The second-order valence-electron chi connectivity index (χ2n) is 8.72. The molecule has 1 saturated heterocycles. The molecule has 3 amide bonds. The van der Waals surface area contributed by atoms with Crippen LogP contribution in [0.4, 0.5) is 20.2 Å². The summed E-state index contributed by atoms with van der Waals surface area (Å²) in [5, 5.41) is 5.56. The molecule has 2 aliphatic carbocycles. The molecule has 1 unspecified atom stereocenters. The van der Waals surface area contributed by atoms with E-state index in [1.54, 1.807) is 0 Å². The molecule has 1 aliphatic heterocycles. The van der Waals surface area contributed by atoms with E-state index in [4.69, 9.17) is 10.5 Å². The predicted molar refractivity (Wildman–Crippen MR) is 113 cm³/mol. The van der Waals surface area contributed by atoms with Crippen LogP contribution in [0.3, 0.4) is 0 Å². The zero-order valence-electron chi connectivity index (χ0n) is 17.7. The van der Waals surface area contributed by atoms with Crippen molar-refractivity contribution in [3.63, 3.8) is 0 Å². The van der Waals surface area contributed by atoms with Gasteiger partial charge in [-0.05, 0) is 55.7 Å². The number of nitrogens with two attached hydrogens (primary N) is 1. The second-order valence-corrected chi connectivity index (χ2v) is 8.72. The number of benzene rings is 1. The van der Waals surface area contributed by atoms with Crippen LogP contribution < -0.4 is 21.3 Å². The molecule has 0 radical (unpaired) electrons. The van der Waals surface area contributed by atoms with Gasteiger partial charge in [-0.15, -0.1) is 0 Å². The Bertz CT molecular complexity index is 889. The first-order valence-electron chi connectivity index (χ1n) is 11.0. The lowest BCUT2D eigenvalue weighted by molar-refractivity contribution is -0.128. The van der Waals surface area contributed by atoms with Crippen molar-refractivity contribution in [3.8, 4) is 0 Å². The lowest BCUT2D eigenvalue weighted by Gasteiger charge is -2.36. The Morgan fingerprint density at radius 1 is 1.16 bits per heavy atom. The summed E-state index contributed by atoms with van der Waals surface area (Å²) < 4.78 is 32.6. The van der Waals surface area contributed by atoms with Crippen molar-refractivity contribution in [2.24, 2.45) is 17.6 Å². The highest BCUT2D eigenvalue weighted by atomic mass is 19.3. The summed E-state index contributed by atoms with van der Waals surface area (Å²) in [5.74, 6) is -1.12. The topological polar surface area (TPSA) is 114 Å². The predicted octanol–water partition coefficient (Wildman–Crippen LogP) is 1.95. The minimum Gasteiger partial charge on any atom is -0.370 e. The number of anilines is 2. The van der Waals surface area contributed by atoms with E-state index in [2.05, 4.69) is 10.6 Å². The van der Waals surface area contributed by atoms with Crippen LogP contribution >= 0.6 is 0 Å². The Balaban J connectivity index is 1.51. The summed E-state index contributed by atoms with van der Waals surface area (Å²) in [5.41, 5.74) is 5.24. The molecule has 1 heterocycles. The highest BCUT2D eigenvalue weighted by Gasteiger charge is 2.42. The van der Waals surface area contributed by atoms with Crippen LogP contribution in [0.15, 0.2) is 18.2 Å². The molecule has 3 fully saturated rings. The third-order valence-corrected chi connectivity index (χ3v) is 6.52. The van der Waals surface area contributed by atoms with Gasteiger partial charge in [-0.25, -0.2) is 8.78 Å². The normalized spacial score (nSPS) is 21.2. The molecule has 0 aromatic heterocycles. The van der Waals surface area contributed by atoms with Gasteiger partial charge in [0, 0.05) is 29.5 Å². The van der Waals surface area contributed by atoms with Gasteiger partial charge in [-0.3, -0.25) is 19.7 Å². The molecule has 4 rings (SSSR count). The summed E-state index contributed by atoms with van der Waals surface area (Å²) in [7, 11) is 0. The Morgan fingerprint density at radius 2 is 1.88 bits per heavy atom. The van der Waals surface area contributed by atoms with Crippen molar-refractivity contribution in [3.05, 3.63) is 23.8 Å². The van der Waals surface area contributed by atoms with Gasteiger partial charge in [0.2, 0.25) is 5.91 Å². The van der Waals surface area contributed by atoms with Crippen LogP contribution in [0, 0.1) is 11.8 Å². The summed E-state index contributed by atoms with van der Waals surface area (Å²) in [6.07, 6.45) is 2.39. The number of nitrogens with one attached hydrogen (secondary N) is 2. The molecule has 10 heteroatoms. The zero-order valence-corrected chi connectivity index (χ0v) is 17.7. The van der Waals surface area contributed by atoms with Crippen molar-refractivity contribution in [1.29, 1.82) is 0 Å². The van der Waals surface area contributed by atoms with E-state index in [0.29, 0.717) is 24.1 Å². The lowest BCUT2D eigenvalue weighted by atomic mass is 9.77. The Morgan fingerprint density at radius 3 is 2.44 bits per heavy atom. The average molecular weight is 450 g/mol. The molecule has 8 nitrogen and oxygen atoms in total. The zero-order chi connectivity index (χ0) is 22.8. The number of carbonyl (C=O) groups excluding carboxylic acids is 3. The van der Waals surface area contributed by atoms with Crippen LogP contribution in [-0.2, 0) is 19.1 Å². The first kappa shape index (κ1) is 22.6. The molecule has 2 atom stereocenters. The molecule has 2 saturated carbocycles. The maximum Gasteiger partial charge on any atom is 0.265 e. The molecule has 174 valence electrons. The third kappa shape index (κ3) is 4.91. The first-order valence-corrected chi connectivity index (χ1v) is 11.0. The van der Waals surface area contributed by atoms with Crippen LogP contribution in [0.5, 0.6) is 0 Å². The van der Waals surface area contributed by atoms with Crippen molar-refractivity contribution < 1.29 is 27.9 Å². The fourth-order valence-corrected chi connectivity index (χ4v) is 4.40. The molecule has 0 spiro atoms. The lowest BCUT2D eigenvalue weighted by Crippen LogP contribution is -2.56. The van der Waals surface area contributed by atoms with Crippen molar-refractivity contribution in [2.75, 3.05) is 30.0 Å². The van der Waals surface area contributed by atoms with E-state index in [0.717, 1.165) is 32.1 Å². The van der Waals surface area contributed by atoms with Crippen LogP contribution in [0.1, 0.15) is 44.1 Å². The third-order valence-electron chi connectivity index (χ3n) is 6.52. The minimum absolute atomic E-state index is 0.0243. The van der Waals surface area contributed by atoms with E-state index in [1.807, 2.05) is 0 Å². The molecule has 0 bridgehead atoms. The van der Waals surface area contributed by atoms with E-state index < -0.39 is 29.8 Å². The number of halogens is 2. The number of ether oxygens (including phenoxy) is 1. The fourth-order valence-electron chi connectivity index (χ4n) is 4.40. The van der Waals surface area contributed by atoms with Gasteiger partial charge in [0.15, 0.2) is 6.04 Å². The van der Waals surface area contributed by atoms with E-state index in [9.17, 15) is 23.2 Å². The maximum atomic E-state index is 13.8. The summed E-state index contributed by atoms with van der Waals surface area (Å²) in [4.78, 5) is 38.3. The summed E-state index contributed by atoms with van der Waals surface area (Å²) in [6, 6.07) is 2.69. The number of morpholine rings is 1. The number of rotatable bonds is 9. The fraction of sp³-hybridized carbons (Fsp3) is 0.591. The highest BCUT2D eigenvalue weighted by molar-refractivity contribution is 6.10. The quantitative estimate of drug-likeness (QED) is 0.498. The van der Waals surface area contributed by atoms with Gasteiger partial charge >= 0.3 is 0 Å². The van der Waals surface area contributed by atoms with Gasteiger partial charge in [-0.2, -0.15) is 0 Å². The number of alkyl halides is 2. The Hall–Kier alpha value is -2.59. The number of carbonyl (C=O) groups is 3. The smallest absolute Gasteiger partial charge is 0.265 e. The molecular formula is C22H28F2N4O4. The Labute approximate surface area is 184 Å². The number of primary amides is 1. The number of nitrogens with zero attached hydrogens (tertiary/aromatic N) is 1. The van der Waals surface area contributed by atoms with E-state index >= 15 is 0 Å². The maximum absolute atomic E-state index is 13.8. The molecule has 1 aromatic carbocycles. The summed E-state index contributed by atoms with van der Waals surface area (Å²) in [6.45, 7) is 0.450. The van der Waals surface area contributed by atoms with Gasteiger partial charge in [0.25, 0.3) is 18.2 Å². The first-order chi connectivity index (χ1) is 15.3. The number of hydrogen-bond acceptors (Lipinski definition) is 5. The van der Waals surface area contributed by atoms with Crippen LogP contribution in [0.2, 0.25) is 0 Å². The second kappa shape index (κ2) is 9.50. The average Bonchev–Trinajstić information content (AvgIpc) is 3.55. The largest absolute Gasteiger partial charge is 0.370 e. The van der Waals surface area contributed by atoms with Gasteiger partial charge in [0.1, 0.15) is 6.61 Å². The summed E-state index contributed by atoms with van der Waals surface area (Å²) >= 11 is 0. The van der Waals surface area contributed by atoms with Crippen molar-refractivity contribution >= 4 is 29.1 Å². The monoisotopic (exact) mass is 450 g/mol.